The summed E-state index contributed by atoms with van der Waals surface area (Å²) in [6, 6.07) is 19.3. The first-order chi connectivity index (χ1) is 15.8. The number of thioether (sulfide) groups is 1. The molecule has 3 aromatic rings. The second-order valence-electron chi connectivity index (χ2n) is 6.99. The SMILES string of the molecule is CC(Sc1ccc(NC(=O)c2ccccc2C(=O)O)cc1)C(=O)Nc1ccccc1C(N)=O. The van der Waals surface area contributed by atoms with Crippen molar-refractivity contribution in [3.05, 3.63) is 89.5 Å². The minimum absolute atomic E-state index is 0.0602. The molecule has 5 N–H and O–H groups in total. The fourth-order valence-electron chi connectivity index (χ4n) is 2.98. The number of nitrogens with two attached hydrogens (primary N) is 1. The Balaban J connectivity index is 1.63. The Kier molecular flexibility index (Phi) is 7.47. The molecule has 1 unspecified atom stereocenters. The van der Waals surface area contributed by atoms with Gasteiger partial charge in [-0.3, -0.25) is 14.4 Å². The van der Waals surface area contributed by atoms with Crippen LogP contribution in [0.5, 0.6) is 0 Å². The number of hydrogen-bond donors (Lipinski definition) is 4. The van der Waals surface area contributed by atoms with Crippen LogP contribution in [0.25, 0.3) is 0 Å². The summed E-state index contributed by atoms with van der Waals surface area (Å²) in [6.45, 7) is 1.73. The van der Waals surface area contributed by atoms with Crippen molar-refractivity contribution in [2.45, 2.75) is 17.1 Å². The molecule has 0 saturated carbocycles. The van der Waals surface area contributed by atoms with Crippen LogP contribution in [0.1, 0.15) is 38.0 Å². The molecule has 0 spiro atoms. The largest absolute Gasteiger partial charge is 0.478 e. The highest BCUT2D eigenvalue weighted by Crippen LogP contribution is 2.26. The van der Waals surface area contributed by atoms with E-state index < -0.39 is 23.0 Å². The highest BCUT2D eigenvalue weighted by Gasteiger charge is 2.18. The zero-order valence-electron chi connectivity index (χ0n) is 17.6. The summed E-state index contributed by atoms with van der Waals surface area (Å²) in [7, 11) is 0. The van der Waals surface area contributed by atoms with E-state index in [-0.39, 0.29) is 22.6 Å². The van der Waals surface area contributed by atoms with E-state index in [9.17, 15) is 24.3 Å². The lowest BCUT2D eigenvalue weighted by atomic mass is 10.1. The Morgan fingerprint density at radius 1 is 0.818 bits per heavy atom. The third-order valence-corrected chi connectivity index (χ3v) is 5.76. The van der Waals surface area contributed by atoms with Crippen molar-refractivity contribution < 1.29 is 24.3 Å². The Bertz CT molecular complexity index is 1210. The van der Waals surface area contributed by atoms with Crippen LogP contribution in [-0.4, -0.2) is 34.0 Å². The van der Waals surface area contributed by atoms with Crippen LogP contribution in [0.15, 0.2) is 77.7 Å². The predicted molar refractivity (Wildman–Crippen MR) is 127 cm³/mol. The highest BCUT2D eigenvalue weighted by molar-refractivity contribution is 8.00. The van der Waals surface area contributed by atoms with Crippen LogP contribution >= 0.6 is 11.8 Å². The Labute approximate surface area is 194 Å². The van der Waals surface area contributed by atoms with Crippen molar-refractivity contribution in [3.8, 4) is 0 Å². The molecule has 0 bridgehead atoms. The maximum Gasteiger partial charge on any atom is 0.336 e. The second kappa shape index (κ2) is 10.5. The van der Waals surface area contributed by atoms with Gasteiger partial charge in [-0.2, -0.15) is 0 Å². The van der Waals surface area contributed by atoms with Crippen molar-refractivity contribution in [3.63, 3.8) is 0 Å². The molecule has 0 heterocycles. The minimum Gasteiger partial charge on any atom is -0.478 e. The van der Waals surface area contributed by atoms with Crippen molar-refractivity contribution >= 4 is 46.8 Å². The molecule has 8 nitrogen and oxygen atoms in total. The molecule has 0 aliphatic rings. The van der Waals surface area contributed by atoms with E-state index >= 15 is 0 Å². The molecule has 0 fully saturated rings. The number of anilines is 2. The molecule has 9 heteroatoms. The Morgan fingerprint density at radius 3 is 2.00 bits per heavy atom. The summed E-state index contributed by atoms with van der Waals surface area (Å²) in [4.78, 5) is 48.6. The van der Waals surface area contributed by atoms with Gasteiger partial charge in [0.25, 0.3) is 11.8 Å². The number of rotatable bonds is 8. The first-order valence-corrected chi connectivity index (χ1v) is 10.7. The van der Waals surface area contributed by atoms with Crippen LogP contribution < -0.4 is 16.4 Å². The smallest absolute Gasteiger partial charge is 0.336 e. The van der Waals surface area contributed by atoms with Gasteiger partial charge in [-0.15, -0.1) is 11.8 Å². The molecular weight excluding hydrogens is 442 g/mol. The normalized spacial score (nSPS) is 11.3. The zero-order chi connectivity index (χ0) is 24.0. The lowest BCUT2D eigenvalue weighted by Gasteiger charge is -2.14. The number of carboxylic acid groups (broad SMARTS) is 1. The number of hydrogen-bond acceptors (Lipinski definition) is 5. The topological polar surface area (TPSA) is 139 Å². The average molecular weight is 464 g/mol. The summed E-state index contributed by atoms with van der Waals surface area (Å²) in [5.41, 5.74) is 6.38. The van der Waals surface area contributed by atoms with E-state index in [2.05, 4.69) is 10.6 Å². The monoisotopic (exact) mass is 463 g/mol. The van der Waals surface area contributed by atoms with E-state index in [1.807, 2.05) is 0 Å². The van der Waals surface area contributed by atoms with Crippen molar-refractivity contribution in [2.75, 3.05) is 10.6 Å². The van der Waals surface area contributed by atoms with E-state index in [0.717, 1.165) is 4.90 Å². The molecule has 0 aliphatic carbocycles. The fourth-order valence-corrected chi connectivity index (χ4v) is 3.85. The quantitative estimate of drug-likeness (QED) is 0.374. The summed E-state index contributed by atoms with van der Waals surface area (Å²) >= 11 is 1.30. The molecule has 3 amide bonds. The van der Waals surface area contributed by atoms with Crippen LogP contribution in [-0.2, 0) is 4.79 Å². The predicted octanol–water partition coefficient (Wildman–Crippen LogP) is 3.86. The van der Waals surface area contributed by atoms with Gasteiger partial charge in [-0.1, -0.05) is 24.3 Å². The number of aromatic carboxylic acids is 1. The summed E-state index contributed by atoms with van der Waals surface area (Å²) in [5.74, 6) is -2.64. The first-order valence-electron chi connectivity index (χ1n) is 9.86. The molecular formula is C24H21N3O5S. The van der Waals surface area contributed by atoms with Gasteiger partial charge in [0.2, 0.25) is 5.91 Å². The number of primary amides is 1. The van der Waals surface area contributed by atoms with E-state index in [4.69, 9.17) is 5.73 Å². The lowest BCUT2D eigenvalue weighted by Crippen LogP contribution is -2.24. The van der Waals surface area contributed by atoms with Gasteiger partial charge < -0.3 is 21.5 Å². The molecule has 3 rings (SSSR count). The zero-order valence-corrected chi connectivity index (χ0v) is 18.4. The Hall–Kier alpha value is -4.11. The van der Waals surface area contributed by atoms with Gasteiger partial charge in [-0.05, 0) is 55.5 Å². The minimum atomic E-state index is -1.18. The number of para-hydroxylation sites is 1. The highest BCUT2D eigenvalue weighted by atomic mass is 32.2. The van der Waals surface area contributed by atoms with Gasteiger partial charge in [0.05, 0.1) is 27.6 Å². The van der Waals surface area contributed by atoms with Crippen LogP contribution in [0.2, 0.25) is 0 Å². The Morgan fingerprint density at radius 2 is 1.39 bits per heavy atom. The number of carboxylic acids is 1. The first kappa shape index (κ1) is 23.6. The molecule has 33 heavy (non-hydrogen) atoms. The molecule has 0 aromatic heterocycles. The van der Waals surface area contributed by atoms with Gasteiger partial charge >= 0.3 is 5.97 Å². The molecule has 0 saturated heterocycles. The standard InChI is InChI=1S/C24H21N3O5S/c1-14(22(29)27-20-9-5-4-8-19(20)21(25)28)33-16-12-10-15(11-13-16)26-23(30)17-6-2-3-7-18(17)24(31)32/h2-14H,1H3,(H2,25,28)(H,26,30)(H,27,29)(H,31,32). The third kappa shape index (κ3) is 5.98. The number of carbonyl (C=O) groups excluding carboxylic acids is 3. The van der Waals surface area contributed by atoms with Gasteiger partial charge in [0, 0.05) is 10.6 Å². The maximum atomic E-state index is 12.6. The average Bonchev–Trinajstić information content (AvgIpc) is 2.80. The van der Waals surface area contributed by atoms with Crippen molar-refractivity contribution in [2.24, 2.45) is 5.73 Å². The van der Waals surface area contributed by atoms with E-state index in [1.165, 1.54) is 30.0 Å². The van der Waals surface area contributed by atoms with Crippen LogP contribution in [0.3, 0.4) is 0 Å². The van der Waals surface area contributed by atoms with Crippen LogP contribution in [0.4, 0.5) is 11.4 Å². The van der Waals surface area contributed by atoms with E-state index in [1.54, 1.807) is 61.5 Å². The van der Waals surface area contributed by atoms with Gasteiger partial charge in [0.1, 0.15) is 0 Å². The van der Waals surface area contributed by atoms with Gasteiger partial charge in [-0.25, -0.2) is 4.79 Å². The summed E-state index contributed by atoms with van der Waals surface area (Å²) < 4.78 is 0. The summed E-state index contributed by atoms with van der Waals surface area (Å²) in [6.07, 6.45) is 0. The summed E-state index contributed by atoms with van der Waals surface area (Å²) in [5, 5.41) is 14.2. The van der Waals surface area contributed by atoms with Gasteiger partial charge in [0.15, 0.2) is 0 Å². The fraction of sp³-hybridized carbons (Fsp3) is 0.0833. The molecule has 0 aliphatic heterocycles. The number of amides is 3. The van der Waals surface area contributed by atoms with E-state index in [0.29, 0.717) is 11.4 Å². The molecule has 1 atom stereocenters. The number of nitrogens with one attached hydrogen (secondary N) is 2. The molecule has 3 aromatic carbocycles. The second-order valence-corrected chi connectivity index (χ2v) is 8.40. The van der Waals surface area contributed by atoms with Crippen molar-refractivity contribution in [1.29, 1.82) is 0 Å². The molecule has 0 radical (unpaired) electrons. The lowest BCUT2D eigenvalue weighted by molar-refractivity contribution is -0.115. The number of carbonyl (C=O) groups is 4. The number of benzene rings is 3. The third-order valence-electron chi connectivity index (χ3n) is 4.65. The van der Waals surface area contributed by atoms with Crippen LogP contribution in [0, 0.1) is 0 Å². The maximum absolute atomic E-state index is 12.6. The molecule has 168 valence electrons. The van der Waals surface area contributed by atoms with Crippen molar-refractivity contribution in [1.82, 2.24) is 0 Å².